The van der Waals surface area contributed by atoms with Gasteiger partial charge in [-0.1, -0.05) is 13.8 Å². The van der Waals surface area contributed by atoms with Crippen LogP contribution in [0.5, 0.6) is 0 Å². The number of hydrogen-bond acceptors (Lipinski definition) is 4. The number of rotatable bonds is 2. The summed E-state index contributed by atoms with van der Waals surface area (Å²) in [4.78, 5) is 8.41. The molecule has 0 saturated carbocycles. The van der Waals surface area contributed by atoms with Gasteiger partial charge in [0.1, 0.15) is 11.5 Å². The topological polar surface area (TPSA) is 69.6 Å². The Morgan fingerprint density at radius 2 is 1.88 bits per heavy atom. The van der Waals surface area contributed by atoms with Gasteiger partial charge in [-0.25, -0.2) is 9.97 Å². The first kappa shape index (κ1) is 10.6. The Bertz CT molecular complexity index is 487. The van der Waals surface area contributed by atoms with E-state index in [1.54, 1.807) is 23.1 Å². The van der Waals surface area contributed by atoms with Crippen LogP contribution in [0, 0.1) is 0 Å². The second-order valence-corrected chi connectivity index (χ2v) is 4.00. The largest absolute Gasteiger partial charge is 0.384 e. The third kappa shape index (κ3) is 1.64. The molecule has 0 saturated heterocycles. The van der Waals surface area contributed by atoms with Gasteiger partial charge in [-0.05, 0) is 12.0 Å². The molecule has 0 aliphatic heterocycles. The molecular weight excluding hydrogens is 202 g/mol. The lowest BCUT2D eigenvalue weighted by Gasteiger charge is -2.05. The number of nitrogens with zero attached hydrogens (tertiary/aromatic N) is 4. The van der Waals surface area contributed by atoms with Gasteiger partial charge < -0.3 is 5.73 Å². The molecule has 0 unspecified atom stereocenters. The second kappa shape index (κ2) is 3.92. The third-order valence-corrected chi connectivity index (χ3v) is 2.48. The lowest BCUT2D eigenvalue weighted by Crippen LogP contribution is -2.00. The van der Waals surface area contributed by atoms with Crippen molar-refractivity contribution in [3.05, 3.63) is 24.0 Å². The maximum atomic E-state index is 5.99. The highest BCUT2D eigenvalue weighted by molar-refractivity contribution is 5.63. The third-order valence-electron chi connectivity index (χ3n) is 2.48. The average Bonchev–Trinajstić information content (AvgIpc) is 2.57. The minimum absolute atomic E-state index is 0.299. The Morgan fingerprint density at radius 1 is 1.25 bits per heavy atom. The van der Waals surface area contributed by atoms with Gasteiger partial charge in [0.05, 0.1) is 0 Å². The van der Waals surface area contributed by atoms with Crippen LogP contribution < -0.4 is 5.73 Å². The Hall–Kier alpha value is -1.91. The van der Waals surface area contributed by atoms with E-state index in [4.69, 9.17) is 5.73 Å². The summed E-state index contributed by atoms with van der Waals surface area (Å²) < 4.78 is 1.67. The zero-order chi connectivity index (χ0) is 11.7. The smallest absolute Gasteiger partial charge is 0.180 e. The lowest BCUT2D eigenvalue weighted by atomic mass is 10.0. The van der Waals surface area contributed by atoms with Gasteiger partial charge in [-0.3, -0.25) is 4.68 Å². The molecule has 0 atom stereocenters. The summed E-state index contributed by atoms with van der Waals surface area (Å²) in [6, 6.07) is 1.78. The highest BCUT2D eigenvalue weighted by Crippen LogP contribution is 2.30. The fraction of sp³-hybridized carbons (Fsp3) is 0.364. The van der Waals surface area contributed by atoms with Crippen molar-refractivity contribution in [3.63, 3.8) is 0 Å². The van der Waals surface area contributed by atoms with Crippen LogP contribution >= 0.6 is 0 Å². The Kier molecular flexibility index (Phi) is 2.60. The van der Waals surface area contributed by atoms with Crippen molar-refractivity contribution < 1.29 is 0 Å². The number of aromatic nitrogens is 4. The summed E-state index contributed by atoms with van der Waals surface area (Å²) in [5.74, 6) is 1.60. The monoisotopic (exact) mass is 217 g/mol. The maximum Gasteiger partial charge on any atom is 0.180 e. The van der Waals surface area contributed by atoms with Crippen LogP contribution in [-0.4, -0.2) is 19.7 Å². The number of nitrogens with two attached hydrogens (primary N) is 1. The van der Waals surface area contributed by atoms with Gasteiger partial charge in [-0.15, -0.1) is 0 Å². The molecule has 2 heterocycles. The van der Waals surface area contributed by atoms with Crippen molar-refractivity contribution in [1.82, 2.24) is 19.7 Å². The Balaban J connectivity index is 2.62. The summed E-state index contributed by atoms with van der Waals surface area (Å²) in [6.07, 6.45) is 3.41. The minimum atomic E-state index is 0.299. The molecule has 16 heavy (non-hydrogen) atoms. The van der Waals surface area contributed by atoms with E-state index in [2.05, 4.69) is 28.9 Å². The van der Waals surface area contributed by atoms with E-state index in [1.807, 2.05) is 7.05 Å². The van der Waals surface area contributed by atoms with Crippen molar-refractivity contribution in [2.24, 2.45) is 7.05 Å². The molecule has 0 bridgehead atoms. The highest BCUT2D eigenvalue weighted by Gasteiger charge is 2.19. The normalized spacial score (nSPS) is 11.0. The van der Waals surface area contributed by atoms with Gasteiger partial charge in [0, 0.05) is 25.0 Å². The van der Waals surface area contributed by atoms with E-state index in [0.29, 0.717) is 17.6 Å². The van der Waals surface area contributed by atoms with Gasteiger partial charge in [0.15, 0.2) is 5.82 Å². The van der Waals surface area contributed by atoms with E-state index >= 15 is 0 Å². The van der Waals surface area contributed by atoms with Crippen LogP contribution in [0.15, 0.2) is 18.5 Å². The summed E-state index contributed by atoms with van der Waals surface area (Å²) >= 11 is 0. The fourth-order valence-electron chi connectivity index (χ4n) is 1.71. The summed E-state index contributed by atoms with van der Waals surface area (Å²) in [6.45, 7) is 4.17. The molecule has 2 aromatic rings. The first-order valence-electron chi connectivity index (χ1n) is 5.21. The second-order valence-electron chi connectivity index (χ2n) is 4.00. The summed E-state index contributed by atoms with van der Waals surface area (Å²) in [5, 5.41) is 4.37. The van der Waals surface area contributed by atoms with Crippen molar-refractivity contribution in [2.75, 3.05) is 5.73 Å². The molecule has 0 radical (unpaired) electrons. The van der Waals surface area contributed by atoms with Crippen LogP contribution in [0.2, 0.25) is 0 Å². The average molecular weight is 217 g/mol. The molecule has 2 N–H and O–H groups in total. The first-order valence-corrected chi connectivity index (χ1v) is 5.21. The molecule has 5 heteroatoms. The first-order chi connectivity index (χ1) is 7.61. The van der Waals surface area contributed by atoms with Crippen molar-refractivity contribution in [1.29, 1.82) is 0 Å². The van der Waals surface area contributed by atoms with Crippen molar-refractivity contribution in [2.45, 2.75) is 19.8 Å². The van der Waals surface area contributed by atoms with Crippen molar-refractivity contribution in [3.8, 4) is 11.5 Å². The van der Waals surface area contributed by atoms with Crippen LogP contribution in [0.1, 0.15) is 25.3 Å². The molecule has 5 nitrogen and oxygen atoms in total. The predicted molar refractivity (Wildman–Crippen MR) is 62.7 cm³/mol. The van der Waals surface area contributed by atoms with E-state index in [9.17, 15) is 0 Å². The van der Waals surface area contributed by atoms with E-state index in [0.717, 1.165) is 11.3 Å². The number of nitrogen functional groups attached to an aromatic ring is 1. The Labute approximate surface area is 94.3 Å². The van der Waals surface area contributed by atoms with Gasteiger partial charge in [0.25, 0.3) is 0 Å². The van der Waals surface area contributed by atoms with E-state index < -0.39 is 0 Å². The van der Waals surface area contributed by atoms with Crippen LogP contribution in [0.25, 0.3) is 11.5 Å². The highest BCUT2D eigenvalue weighted by atomic mass is 15.3. The van der Waals surface area contributed by atoms with E-state index in [-0.39, 0.29) is 0 Å². The van der Waals surface area contributed by atoms with Gasteiger partial charge >= 0.3 is 0 Å². The zero-order valence-electron chi connectivity index (χ0n) is 9.68. The lowest BCUT2D eigenvalue weighted by molar-refractivity contribution is 0.778. The molecule has 0 aliphatic rings. The van der Waals surface area contributed by atoms with Gasteiger partial charge in [0.2, 0.25) is 0 Å². The predicted octanol–water partition coefficient (Wildman–Crippen LogP) is 1.58. The van der Waals surface area contributed by atoms with E-state index in [1.165, 1.54) is 0 Å². The quantitative estimate of drug-likeness (QED) is 0.829. The van der Waals surface area contributed by atoms with Gasteiger partial charge in [-0.2, -0.15) is 5.10 Å². The zero-order valence-corrected chi connectivity index (χ0v) is 9.68. The molecular formula is C11H15N5. The van der Waals surface area contributed by atoms with Crippen LogP contribution in [-0.2, 0) is 7.05 Å². The summed E-state index contributed by atoms with van der Waals surface area (Å²) in [5.41, 5.74) is 7.77. The van der Waals surface area contributed by atoms with Crippen LogP contribution in [0.3, 0.4) is 0 Å². The number of hydrogen-bond donors (Lipinski definition) is 1. The molecule has 0 aromatic carbocycles. The maximum absolute atomic E-state index is 5.99. The minimum Gasteiger partial charge on any atom is -0.384 e. The molecule has 0 aliphatic carbocycles. The fourth-order valence-corrected chi connectivity index (χ4v) is 1.71. The standard InChI is InChI=1S/C11H15N5/c1-7(2)8-9(15-16(3)10(8)12)11-13-5-4-6-14-11/h4-7H,12H2,1-3H3. The molecule has 84 valence electrons. The SMILES string of the molecule is CC(C)c1c(-c2ncccn2)nn(C)c1N. The number of aryl methyl sites for hydroxylation is 1. The number of anilines is 1. The summed E-state index contributed by atoms with van der Waals surface area (Å²) in [7, 11) is 1.83. The molecule has 2 aromatic heterocycles. The molecule has 0 fully saturated rings. The van der Waals surface area contributed by atoms with Crippen LogP contribution in [0.4, 0.5) is 5.82 Å². The Morgan fingerprint density at radius 3 is 2.44 bits per heavy atom. The molecule has 2 rings (SSSR count). The molecule has 0 spiro atoms. The van der Waals surface area contributed by atoms with Crippen molar-refractivity contribution >= 4 is 5.82 Å². The molecule has 0 amide bonds.